The first-order valence-corrected chi connectivity index (χ1v) is 10.4. The van der Waals surface area contributed by atoms with Gasteiger partial charge >= 0.3 is 0 Å². The second-order valence-electron chi connectivity index (χ2n) is 7.53. The van der Waals surface area contributed by atoms with Gasteiger partial charge in [-0.2, -0.15) is 0 Å². The Hall–Kier alpha value is -2.53. The van der Waals surface area contributed by atoms with Gasteiger partial charge in [-0.25, -0.2) is 4.98 Å². The summed E-state index contributed by atoms with van der Waals surface area (Å²) in [7, 11) is 1.66. The first kappa shape index (κ1) is 21.2. The summed E-state index contributed by atoms with van der Waals surface area (Å²) in [6.45, 7) is 7.20. The zero-order chi connectivity index (χ0) is 21.0. The fourth-order valence-electron chi connectivity index (χ4n) is 3.39. The summed E-state index contributed by atoms with van der Waals surface area (Å²) in [5, 5.41) is 3.79. The maximum atomic E-state index is 12.9. The lowest BCUT2D eigenvalue weighted by molar-refractivity contribution is 0.0922. The molecule has 1 atom stereocenters. The summed E-state index contributed by atoms with van der Waals surface area (Å²) in [6.07, 6.45) is 2.11. The molecule has 0 spiro atoms. The summed E-state index contributed by atoms with van der Waals surface area (Å²) >= 11 is 5.95. The average molecular weight is 414 g/mol. The Morgan fingerprint density at radius 3 is 2.55 bits per heavy atom. The lowest BCUT2D eigenvalue weighted by Gasteiger charge is -2.23. The van der Waals surface area contributed by atoms with Gasteiger partial charge in [-0.15, -0.1) is 0 Å². The Morgan fingerprint density at radius 2 is 1.93 bits per heavy atom. The van der Waals surface area contributed by atoms with Crippen LogP contribution in [0.5, 0.6) is 5.75 Å². The highest BCUT2D eigenvalue weighted by atomic mass is 35.5. The minimum Gasteiger partial charge on any atom is -0.497 e. The zero-order valence-corrected chi connectivity index (χ0v) is 18.2. The Kier molecular flexibility index (Phi) is 6.80. The van der Waals surface area contributed by atoms with Crippen LogP contribution in [0.15, 0.2) is 42.5 Å². The number of methoxy groups -OCH3 is 1. The highest BCUT2D eigenvalue weighted by Crippen LogP contribution is 2.29. The smallest absolute Gasteiger partial charge is 0.251 e. The van der Waals surface area contributed by atoms with E-state index in [2.05, 4.69) is 30.7 Å². The van der Waals surface area contributed by atoms with E-state index in [1.165, 1.54) is 0 Å². The Balaban J connectivity index is 2.01. The van der Waals surface area contributed by atoms with E-state index >= 15 is 0 Å². The molecule has 3 rings (SSSR count). The largest absolute Gasteiger partial charge is 0.497 e. The predicted molar refractivity (Wildman–Crippen MR) is 118 cm³/mol. The number of ether oxygens (including phenoxy) is 1. The number of aromatic nitrogens is 2. The van der Waals surface area contributed by atoms with Crippen molar-refractivity contribution in [2.75, 3.05) is 7.11 Å². The molecular weight excluding hydrogens is 386 g/mol. The summed E-state index contributed by atoms with van der Waals surface area (Å²) < 4.78 is 7.63. The van der Waals surface area contributed by atoms with Crippen molar-refractivity contribution in [1.29, 1.82) is 0 Å². The van der Waals surface area contributed by atoms with Gasteiger partial charge in [-0.05, 0) is 48.7 Å². The van der Waals surface area contributed by atoms with Crippen LogP contribution in [0.4, 0.5) is 0 Å². The van der Waals surface area contributed by atoms with Gasteiger partial charge in [0, 0.05) is 23.2 Å². The molecule has 2 aromatic carbocycles. The van der Waals surface area contributed by atoms with E-state index in [-0.39, 0.29) is 17.9 Å². The van der Waals surface area contributed by atoms with Crippen LogP contribution in [-0.2, 0) is 6.54 Å². The third kappa shape index (κ3) is 4.73. The number of rotatable bonds is 8. The summed E-state index contributed by atoms with van der Waals surface area (Å²) in [5.74, 6) is 1.71. The van der Waals surface area contributed by atoms with E-state index in [1.807, 2.05) is 18.2 Å². The molecule has 0 fully saturated rings. The minimum absolute atomic E-state index is 0.132. The van der Waals surface area contributed by atoms with Gasteiger partial charge in [0.1, 0.15) is 11.6 Å². The molecule has 0 radical (unpaired) electrons. The van der Waals surface area contributed by atoms with Gasteiger partial charge < -0.3 is 14.6 Å². The number of aryl methyl sites for hydroxylation is 1. The maximum absolute atomic E-state index is 12.9. The van der Waals surface area contributed by atoms with Crippen molar-refractivity contribution < 1.29 is 9.53 Å². The number of amides is 1. The number of halogens is 1. The molecule has 0 saturated carbocycles. The number of hydrogen-bond acceptors (Lipinski definition) is 3. The molecule has 3 aromatic rings. The van der Waals surface area contributed by atoms with Gasteiger partial charge in [0.2, 0.25) is 0 Å². The second-order valence-corrected chi connectivity index (χ2v) is 7.97. The van der Waals surface area contributed by atoms with E-state index in [0.29, 0.717) is 10.6 Å². The van der Waals surface area contributed by atoms with E-state index in [1.54, 1.807) is 31.4 Å². The third-order valence-corrected chi connectivity index (χ3v) is 5.31. The normalized spacial score (nSPS) is 12.3. The molecule has 0 aliphatic rings. The Bertz CT molecular complexity index is 980. The minimum atomic E-state index is -0.214. The molecule has 1 unspecified atom stereocenters. The quantitative estimate of drug-likeness (QED) is 0.521. The monoisotopic (exact) mass is 413 g/mol. The van der Waals surface area contributed by atoms with Crippen molar-refractivity contribution in [3.8, 4) is 5.75 Å². The molecule has 29 heavy (non-hydrogen) atoms. The first-order chi connectivity index (χ1) is 13.9. The van der Waals surface area contributed by atoms with Crippen LogP contribution in [0.1, 0.15) is 55.8 Å². The summed E-state index contributed by atoms with van der Waals surface area (Å²) in [5.41, 5.74) is 2.51. The molecule has 6 heteroatoms. The van der Waals surface area contributed by atoms with Crippen LogP contribution in [0, 0.1) is 5.92 Å². The maximum Gasteiger partial charge on any atom is 0.251 e. The van der Waals surface area contributed by atoms with Crippen molar-refractivity contribution in [3.05, 3.63) is 58.9 Å². The number of nitrogens with zero attached hydrogens (tertiary/aromatic N) is 2. The molecule has 1 aromatic heterocycles. The van der Waals surface area contributed by atoms with E-state index in [9.17, 15) is 4.79 Å². The lowest BCUT2D eigenvalue weighted by atomic mass is 10.0. The van der Waals surface area contributed by atoms with Crippen molar-refractivity contribution in [2.45, 2.75) is 46.2 Å². The topological polar surface area (TPSA) is 56.2 Å². The number of nitrogens with one attached hydrogen (secondary N) is 1. The molecule has 0 aliphatic heterocycles. The van der Waals surface area contributed by atoms with Gasteiger partial charge in [0.25, 0.3) is 5.91 Å². The van der Waals surface area contributed by atoms with Crippen LogP contribution in [0.2, 0.25) is 5.02 Å². The van der Waals surface area contributed by atoms with Gasteiger partial charge in [0.15, 0.2) is 0 Å². The standard InChI is InChI=1S/C23H28ClN3O2/c1-5-6-13-27-20-14-18(29-4)11-12-19(20)25-22(27)21(15(2)3)26-23(28)16-7-9-17(24)10-8-16/h7-12,14-15,21H,5-6,13H2,1-4H3,(H,26,28). The fourth-order valence-corrected chi connectivity index (χ4v) is 3.52. The zero-order valence-electron chi connectivity index (χ0n) is 17.4. The number of imidazole rings is 1. The Morgan fingerprint density at radius 1 is 1.21 bits per heavy atom. The van der Waals surface area contributed by atoms with Crippen molar-refractivity contribution in [3.63, 3.8) is 0 Å². The molecule has 0 aliphatic carbocycles. The number of unbranched alkanes of at least 4 members (excludes halogenated alkanes) is 1. The molecule has 0 bridgehead atoms. The SMILES string of the molecule is CCCCn1c(C(NC(=O)c2ccc(Cl)cc2)C(C)C)nc2ccc(OC)cc21. The predicted octanol–water partition coefficient (Wildman–Crippen LogP) is 5.63. The highest BCUT2D eigenvalue weighted by Gasteiger charge is 2.25. The molecule has 1 N–H and O–H groups in total. The first-order valence-electron chi connectivity index (χ1n) is 10.0. The van der Waals surface area contributed by atoms with Gasteiger partial charge in [-0.1, -0.05) is 38.8 Å². The van der Waals surface area contributed by atoms with Crippen LogP contribution in [0.3, 0.4) is 0 Å². The van der Waals surface area contributed by atoms with Crippen LogP contribution < -0.4 is 10.1 Å². The van der Waals surface area contributed by atoms with Gasteiger partial charge in [0.05, 0.1) is 24.2 Å². The number of carbonyl (C=O) groups excluding carboxylic acids is 1. The molecular formula is C23H28ClN3O2. The molecule has 1 amide bonds. The number of fused-ring (bicyclic) bond motifs is 1. The molecule has 0 saturated heterocycles. The summed E-state index contributed by atoms with van der Waals surface area (Å²) in [6, 6.07) is 12.6. The average Bonchev–Trinajstić information content (AvgIpc) is 3.07. The van der Waals surface area contributed by atoms with Crippen LogP contribution in [-0.4, -0.2) is 22.6 Å². The number of carbonyl (C=O) groups is 1. The van der Waals surface area contributed by atoms with Gasteiger partial charge in [-0.3, -0.25) is 4.79 Å². The van der Waals surface area contributed by atoms with Crippen molar-refractivity contribution >= 4 is 28.5 Å². The summed E-state index contributed by atoms with van der Waals surface area (Å²) in [4.78, 5) is 17.8. The van der Waals surface area contributed by atoms with Crippen LogP contribution in [0.25, 0.3) is 11.0 Å². The third-order valence-electron chi connectivity index (χ3n) is 5.06. The second kappa shape index (κ2) is 9.31. The molecule has 5 nitrogen and oxygen atoms in total. The molecule has 1 heterocycles. The number of benzene rings is 2. The van der Waals surface area contributed by atoms with Crippen molar-refractivity contribution in [1.82, 2.24) is 14.9 Å². The lowest BCUT2D eigenvalue weighted by Crippen LogP contribution is -2.33. The van der Waals surface area contributed by atoms with Crippen molar-refractivity contribution in [2.24, 2.45) is 5.92 Å². The Labute approximate surface area is 177 Å². The van der Waals surface area contributed by atoms with E-state index in [4.69, 9.17) is 21.3 Å². The van der Waals surface area contributed by atoms with E-state index < -0.39 is 0 Å². The number of hydrogen-bond donors (Lipinski definition) is 1. The fraction of sp³-hybridized carbons (Fsp3) is 0.391. The van der Waals surface area contributed by atoms with E-state index in [0.717, 1.165) is 42.0 Å². The molecule has 154 valence electrons. The highest BCUT2D eigenvalue weighted by molar-refractivity contribution is 6.30. The van der Waals surface area contributed by atoms with Crippen LogP contribution >= 0.6 is 11.6 Å².